The molecule has 0 saturated heterocycles. The molecule has 0 radical (unpaired) electrons. The van der Waals surface area contributed by atoms with E-state index in [-0.39, 0.29) is 5.91 Å². The number of thiophene rings is 1. The van der Waals surface area contributed by atoms with Crippen LogP contribution in [0.25, 0.3) is 10.1 Å². The van der Waals surface area contributed by atoms with E-state index in [1.54, 1.807) is 0 Å². The molecule has 2 aromatic rings. The number of nitrogen functional groups attached to an aromatic ring is 1. The maximum atomic E-state index is 12.0. The van der Waals surface area contributed by atoms with Crippen molar-refractivity contribution in [3.8, 4) is 0 Å². The third kappa shape index (κ3) is 2.54. The van der Waals surface area contributed by atoms with Crippen molar-refractivity contribution in [2.75, 3.05) is 12.3 Å². The number of carbonyl (C=O) groups is 1. The normalized spacial score (nSPS) is 11.2. The van der Waals surface area contributed by atoms with Crippen molar-refractivity contribution >= 4 is 33.0 Å². The summed E-state index contributed by atoms with van der Waals surface area (Å²) in [7, 11) is 0. The molecule has 1 heterocycles. The third-order valence-corrected chi connectivity index (χ3v) is 3.86. The summed E-state index contributed by atoms with van der Waals surface area (Å²) in [6.07, 6.45) is 4.83. The molecule has 1 aromatic carbocycles. The molecule has 1 amide bonds. The first-order chi connectivity index (χ1) is 8.74. The van der Waals surface area contributed by atoms with Gasteiger partial charge >= 0.3 is 0 Å². The predicted molar refractivity (Wildman–Crippen MR) is 78.0 cm³/mol. The molecule has 3 N–H and O–H groups in total. The Balaban J connectivity index is 2.15. The molecule has 0 aliphatic heterocycles. The molecular weight excluding hydrogens is 244 g/mol. The van der Waals surface area contributed by atoms with Crippen molar-refractivity contribution in [2.24, 2.45) is 0 Å². The maximum Gasteiger partial charge on any atom is 0.263 e. The lowest BCUT2D eigenvalue weighted by atomic mass is 10.2. The standard InChI is InChI=1S/C14H16N2OS/c1-2-3-6-9-16-14(17)13-12(15)10-7-4-5-8-11(10)18-13/h2-5,7-8H,6,9,15H2,1H3,(H,16,17)/b3-2+. The highest BCUT2D eigenvalue weighted by atomic mass is 32.1. The summed E-state index contributed by atoms with van der Waals surface area (Å²) in [6.45, 7) is 2.60. The van der Waals surface area contributed by atoms with Gasteiger partial charge in [-0.3, -0.25) is 4.79 Å². The van der Waals surface area contributed by atoms with Gasteiger partial charge in [-0.15, -0.1) is 11.3 Å². The molecule has 0 aliphatic rings. The van der Waals surface area contributed by atoms with Crippen molar-refractivity contribution in [3.05, 3.63) is 41.3 Å². The van der Waals surface area contributed by atoms with Crippen molar-refractivity contribution in [2.45, 2.75) is 13.3 Å². The second-order valence-corrected chi connectivity index (χ2v) is 5.01. The van der Waals surface area contributed by atoms with Gasteiger partial charge in [-0.1, -0.05) is 30.4 Å². The Hall–Kier alpha value is -1.81. The predicted octanol–water partition coefficient (Wildman–Crippen LogP) is 3.18. The molecular formula is C14H16N2OS. The number of carbonyl (C=O) groups excluding carboxylic acids is 1. The van der Waals surface area contributed by atoms with Crippen LogP contribution in [-0.2, 0) is 0 Å². The summed E-state index contributed by atoms with van der Waals surface area (Å²) in [4.78, 5) is 12.6. The van der Waals surface area contributed by atoms with Crippen LogP contribution in [0.15, 0.2) is 36.4 Å². The molecule has 0 unspecified atom stereocenters. The lowest BCUT2D eigenvalue weighted by Crippen LogP contribution is -2.23. The van der Waals surface area contributed by atoms with Gasteiger partial charge in [0.25, 0.3) is 5.91 Å². The average Bonchev–Trinajstić information content (AvgIpc) is 2.73. The summed E-state index contributed by atoms with van der Waals surface area (Å²) < 4.78 is 1.05. The molecule has 0 fully saturated rings. The van der Waals surface area contributed by atoms with Crippen LogP contribution in [0.2, 0.25) is 0 Å². The smallest absolute Gasteiger partial charge is 0.263 e. The molecule has 0 spiro atoms. The Morgan fingerprint density at radius 2 is 2.22 bits per heavy atom. The van der Waals surface area contributed by atoms with Crippen LogP contribution >= 0.6 is 11.3 Å². The number of nitrogens with two attached hydrogens (primary N) is 1. The first-order valence-corrected chi connectivity index (χ1v) is 6.72. The van der Waals surface area contributed by atoms with Gasteiger partial charge < -0.3 is 11.1 Å². The van der Waals surface area contributed by atoms with E-state index in [1.807, 2.05) is 43.3 Å². The number of fused-ring (bicyclic) bond motifs is 1. The molecule has 4 heteroatoms. The minimum Gasteiger partial charge on any atom is -0.397 e. The van der Waals surface area contributed by atoms with E-state index in [0.717, 1.165) is 16.5 Å². The Labute approximate surface area is 110 Å². The number of amides is 1. The lowest BCUT2D eigenvalue weighted by Gasteiger charge is -2.01. The fraction of sp³-hybridized carbons (Fsp3) is 0.214. The van der Waals surface area contributed by atoms with Crippen molar-refractivity contribution in [1.82, 2.24) is 5.32 Å². The van der Waals surface area contributed by atoms with Crippen LogP contribution in [-0.4, -0.2) is 12.5 Å². The zero-order chi connectivity index (χ0) is 13.0. The zero-order valence-corrected chi connectivity index (χ0v) is 11.1. The van der Waals surface area contributed by atoms with E-state index >= 15 is 0 Å². The first-order valence-electron chi connectivity index (χ1n) is 5.90. The van der Waals surface area contributed by atoms with Crippen LogP contribution in [0.3, 0.4) is 0 Å². The highest BCUT2D eigenvalue weighted by Gasteiger charge is 2.15. The number of rotatable bonds is 4. The first kappa shape index (κ1) is 12.6. The molecule has 0 atom stereocenters. The maximum absolute atomic E-state index is 12.0. The van der Waals surface area contributed by atoms with E-state index in [4.69, 9.17) is 5.73 Å². The SMILES string of the molecule is C/C=C/CCNC(=O)c1sc2ccccc2c1N. The number of hydrogen-bond acceptors (Lipinski definition) is 3. The summed E-state index contributed by atoms with van der Waals surface area (Å²) in [6, 6.07) is 7.80. The van der Waals surface area contributed by atoms with Crippen LogP contribution in [0.1, 0.15) is 23.0 Å². The zero-order valence-electron chi connectivity index (χ0n) is 10.3. The van der Waals surface area contributed by atoms with Gasteiger partial charge in [0.1, 0.15) is 4.88 Å². The summed E-state index contributed by atoms with van der Waals surface area (Å²) in [5, 5.41) is 3.84. The molecule has 0 saturated carbocycles. The second-order valence-electron chi connectivity index (χ2n) is 3.95. The Morgan fingerprint density at radius 1 is 1.44 bits per heavy atom. The van der Waals surface area contributed by atoms with Gasteiger partial charge in [-0.05, 0) is 19.4 Å². The fourth-order valence-corrected chi connectivity index (χ4v) is 2.79. The number of anilines is 1. The second kappa shape index (κ2) is 5.69. The average molecular weight is 260 g/mol. The fourth-order valence-electron chi connectivity index (χ4n) is 1.75. The molecule has 2 rings (SSSR count). The van der Waals surface area contributed by atoms with Gasteiger partial charge in [-0.2, -0.15) is 0 Å². The Morgan fingerprint density at radius 3 is 2.94 bits per heavy atom. The number of nitrogens with one attached hydrogen (secondary N) is 1. The molecule has 3 nitrogen and oxygen atoms in total. The minimum absolute atomic E-state index is 0.0850. The molecule has 0 aliphatic carbocycles. The van der Waals surface area contributed by atoms with E-state index in [0.29, 0.717) is 17.1 Å². The summed E-state index contributed by atoms with van der Waals surface area (Å²) >= 11 is 1.44. The third-order valence-electron chi connectivity index (χ3n) is 2.67. The largest absolute Gasteiger partial charge is 0.397 e. The monoisotopic (exact) mass is 260 g/mol. The lowest BCUT2D eigenvalue weighted by molar-refractivity contribution is 0.0959. The summed E-state index contributed by atoms with van der Waals surface area (Å²) in [5.41, 5.74) is 6.59. The van der Waals surface area contributed by atoms with E-state index in [2.05, 4.69) is 5.32 Å². The van der Waals surface area contributed by atoms with Gasteiger partial charge in [0.15, 0.2) is 0 Å². The van der Waals surface area contributed by atoms with Crippen LogP contribution < -0.4 is 11.1 Å². The Kier molecular flexibility index (Phi) is 3.99. The summed E-state index contributed by atoms with van der Waals surface area (Å²) in [5.74, 6) is -0.0850. The van der Waals surface area contributed by atoms with Crippen LogP contribution in [0.5, 0.6) is 0 Å². The van der Waals surface area contributed by atoms with Crippen molar-refractivity contribution in [3.63, 3.8) is 0 Å². The number of benzene rings is 1. The van der Waals surface area contributed by atoms with Crippen molar-refractivity contribution < 1.29 is 4.79 Å². The van der Waals surface area contributed by atoms with Crippen LogP contribution in [0.4, 0.5) is 5.69 Å². The molecule has 94 valence electrons. The minimum atomic E-state index is -0.0850. The topological polar surface area (TPSA) is 55.1 Å². The van der Waals surface area contributed by atoms with Gasteiger partial charge in [0, 0.05) is 16.6 Å². The van der Waals surface area contributed by atoms with Crippen molar-refractivity contribution in [1.29, 1.82) is 0 Å². The van der Waals surface area contributed by atoms with Gasteiger partial charge in [0.05, 0.1) is 5.69 Å². The molecule has 18 heavy (non-hydrogen) atoms. The highest BCUT2D eigenvalue weighted by molar-refractivity contribution is 7.21. The molecule has 1 aromatic heterocycles. The van der Waals surface area contributed by atoms with Gasteiger partial charge in [-0.25, -0.2) is 0 Å². The number of allylic oxidation sites excluding steroid dienone is 1. The van der Waals surface area contributed by atoms with Gasteiger partial charge in [0.2, 0.25) is 0 Å². The van der Waals surface area contributed by atoms with Crippen LogP contribution in [0, 0.1) is 0 Å². The Bertz CT molecular complexity index is 586. The van der Waals surface area contributed by atoms with E-state index < -0.39 is 0 Å². The number of hydrogen-bond donors (Lipinski definition) is 2. The highest BCUT2D eigenvalue weighted by Crippen LogP contribution is 2.33. The molecule has 0 bridgehead atoms. The van der Waals surface area contributed by atoms with E-state index in [1.165, 1.54) is 11.3 Å². The van der Waals surface area contributed by atoms with E-state index in [9.17, 15) is 4.79 Å². The quantitative estimate of drug-likeness (QED) is 0.655.